The maximum atomic E-state index is 11.6. The molecule has 0 saturated heterocycles. The molecule has 0 bridgehead atoms. The number of benzene rings is 1. The molecule has 0 radical (unpaired) electrons. The lowest BCUT2D eigenvalue weighted by Crippen LogP contribution is -2.14. The minimum Gasteiger partial charge on any atom is -0.493 e. The van der Waals surface area contributed by atoms with Crippen LogP contribution in [0.3, 0.4) is 0 Å². The van der Waals surface area contributed by atoms with Gasteiger partial charge in [0, 0.05) is 9.13 Å². The SMILES string of the molecule is CCCCCCCCc1c(I)cc(C(N)=O)c(OC)c1OC. The Bertz CT molecular complexity index is 503. The lowest BCUT2D eigenvalue weighted by atomic mass is 10.0. The number of carbonyl (C=O) groups is 1. The second-order valence-electron chi connectivity index (χ2n) is 5.33. The second-order valence-corrected chi connectivity index (χ2v) is 6.50. The number of hydrogen-bond acceptors (Lipinski definition) is 3. The summed E-state index contributed by atoms with van der Waals surface area (Å²) in [6.45, 7) is 2.22. The molecule has 0 aromatic heterocycles. The molecule has 0 aliphatic carbocycles. The third kappa shape index (κ3) is 5.04. The standard InChI is InChI=1S/C17H26INO3/c1-4-5-6-7-8-9-10-12-14(18)11-13(17(19)20)16(22-3)15(12)21-2/h11H,4-10H2,1-3H3,(H2,19,20). The summed E-state index contributed by atoms with van der Waals surface area (Å²) in [7, 11) is 3.13. The summed E-state index contributed by atoms with van der Waals surface area (Å²) in [6, 6.07) is 1.79. The van der Waals surface area contributed by atoms with Crippen molar-refractivity contribution in [1.29, 1.82) is 0 Å². The number of halogens is 1. The van der Waals surface area contributed by atoms with Crippen molar-refractivity contribution in [1.82, 2.24) is 0 Å². The van der Waals surface area contributed by atoms with Gasteiger partial charge < -0.3 is 15.2 Å². The third-order valence-corrected chi connectivity index (χ3v) is 4.70. The number of ether oxygens (including phenoxy) is 2. The van der Waals surface area contributed by atoms with Gasteiger partial charge in [-0.1, -0.05) is 39.0 Å². The molecule has 0 aliphatic rings. The van der Waals surface area contributed by atoms with E-state index in [1.54, 1.807) is 13.2 Å². The molecular weight excluding hydrogens is 393 g/mol. The number of methoxy groups -OCH3 is 2. The first-order valence-electron chi connectivity index (χ1n) is 7.79. The van der Waals surface area contributed by atoms with Crippen LogP contribution in [0, 0.1) is 3.57 Å². The lowest BCUT2D eigenvalue weighted by Gasteiger charge is -2.17. The Hall–Kier alpha value is -0.980. The van der Waals surface area contributed by atoms with E-state index in [4.69, 9.17) is 15.2 Å². The zero-order valence-electron chi connectivity index (χ0n) is 13.7. The van der Waals surface area contributed by atoms with Crippen molar-refractivity contribution in [3.63, 3.8) is 0 Å². The van der Waals surface area contributed by atoms with Gasteiger partial charge in [-0.3, -0.25) is 4.79 Å². The number of amides is 1. The Morgan fingerprint density at radius 3 is 2.23 bits per heavy atom. The van der Waals surface area contributed by atoms with Crippen molar-refractivity contribution in [2.45, 2.75) is 51.9 Å². The fourth-order valence-electron chi connectivity index (χ4n) is 2.56. The molecule has 1 amide bonds. The van der Waals surface area contributed by atoms with Crippen LogP contribution in [-0.4, -0.2) is 20.1 Å². The number of primary amides is 1. The van der Waals surface area contributed by atoms with Crippen molar-refractivity contribution < 1.29 is 14.3 Å². The van der Waals surface area contributed by atoms with Crippen LogP contribution in [0.5, 0.6) is 11.5 Å². The first-order chi connectivity index (χ1) is 10.6. The van der Waals surface area contributed by atoms with Crippen LogP contribution in [0.1, 0.15) is 61.4 Å². The highest BCUT2D eigenvalue weighted by molar-refractivity contribution is 14.1. The molecule has 22 heavy (non-hydrogen) atoms. The minimum absolute atomic E-state index is 0.371. The van der Waals surface area contributed by atoms with Gasteiger partial charge in [0.05, 0.1) is 19.8 Å². The molecule has 2 N–H and O–H groups in total. The molecule has 1 aromatic carbocycles. The predicted octanol–water partition coefficient (Wildman–Crippen LogP) is 4.31. The maximum Gasteiger partial charge on any atom is 0.252 e. The molecule has 0 saturated carbocycles. The van der Waals surface area contributed by atoms with Crippen molar-refractivity contribution in [2.75, 3.05) is 14.2 Å². The number of carbonyl (C=O) groups excluding carboxylic acids is 1. The van der Waals surface area contributed by atoms with Gasteiger partial charge in [0.2, 0.25) is 0 Å². The number of hydrogen-bond donors (Lipinski definition) is 1. The van der Waals surface area contributed by atoms with Gasteiger partial charge in [0.1, 0.15) is 0 Å². The van der Waals surface area contributed by atoms with Gasteiger partial charge in [0.25, 0.3) is 5.91 Å². The molecular formula is C17H26INO3. The Morgan fingerprint density at radius 2 is 1.68 bits per heavy atom. The molecule has 0 unspecified atom stereocenters. The lowest BCUT2D eigenvalue weighted by molar-refractivity contribution is 0.0996. The van der Waals surface area contributed by atoms with Crippen LogP contribution in [0.25, 0.3) is 0 Å². The minimum atomic E-state index is -0.501. The zero-order valence-corrected chi connectivity index (χ0v) is 15.9. The van der Waals surface area contributed by atoms with E-state index in [0.717, 1.165) is 22.0 Å². The van der Waals surface area contributed by atoms with Gasteiger partial charge in [0.15, 0.2) is 11.5 Å². The van der Waals surface area contributed by atoms with Crippen LogP contribution in [0.4, 0.5) is 0 Å². The first kappa shape index (κ1) is 19.1. The predicted molar refractivity (Wildman–Crippen MR) is 97.9 cm³/mol. The molecule has 124 valence electrons. The van der Waals surface area contributed by atoms with Crippen LogP contribution in [-0.2, 0) is 6.42 Å². The third-order valence-electron chi connectivity index (χ3n) is 3.74. The smallest absolute Gasteiger partial charge is 0.252 e. The van der Waals surface area contributed by atoms with Crippen LogP contribution in [0.2, 0.25) is 0 Å². The topological polar surface area (TPSA) is 61.6 Å². The number of unbranched alkanes of at least 4 members (excludes halogenated alkanes) is 5. The number of nitrogens with two attached hydrogens (primary N) is 1. The number of rotatable bonds is 10. The normalized spacial score (nSPS) is 10.5. The van der Waals surface area contributed by atoms with E-state index in [0.29, 0.717) is 17.1 Å². The maximum absolute atomic E-state index is 11.6. The Balaban J connectivity index is 2.88. The zero-order chi connectivity index (χ0) is 16.5. The second kappa shape index (κ2) is 9.92. The Morgan fingerprint density at radius 1 is 1.09 bits per heavy atom. The van der Waals surface area contributed by atoms with Crippen molar-refractivity contribution in [2.24, 2.45) is 5.73 Å². The van der Waals surface area contributed by atoms with Crippen LogP contribution < -0.4 is 15.2 Å². The molecule has 0 heterocycles. The summed E-state index contributed by atoms with van der Waals surface area (Å²) in [5, 5.41) is 0. The summed E-state index contributed by atoms with van der Waals surface area (Å²) in [5.74, 6) is 0.576. The highest BCUT2D eigenvalue weighted by atomic mass is 127. The summed E-state index contributed by atoms with van der Waals surface area (Å²) < 4.78 is 11.8. The van der Waals surface area contributed by atoms with Gasteiger partial charge >= 0.3 is 0 Å². The fraction of sp³-hybridized carbons (Fsp3) is 0.588. The highest BCUT2D eigenvalue weighted by Gasteiger charge is 2.21. The van der Waals surface area contributed by atoms with Gasteiger partial charge in [-0.05, 0) is 41.5 Å². The van der Waals surface area contributed by atoms with Crippen molar-refractivity contribution in [3.8, 4) is 11.5 Å². The van der Waals surface area contributed by atoms with E-state index < -0.39 is 5.91 Å². The van der Waals surface area contributed by atoms with Gasteiger partial charge in [-0.15, -0.1) is 0 Å². The molecule has 1 rings (SSSR count). The largest absolute Gasteiger partial charge is 0.493 e. The van der Waals surface area contributed by atoms with Gasteiger partial charge in [-0.2, -0.15) is 0 Å². The van der Waals surface area contributed by atoms with E-state index >= 15 is 0 Å². The molecule has 0 atom stereocenters. The quantitative estimate of drug-likeness (QED) is 0.454. The summed E-state index contributed by atoms with van der Waals surface area (Å²) >= 11 is 2.23. The van der Waals surface area contributed by atoms with E-state index in [1.807, 2.05) is 0 Å². The Labute approximate surface area is 146 Å². The average Bonchev–Trinajstić information content (AvgIpc) is 2.50. The Kier molecular flexibility index (Phi) is 8.60. The summed E-state index contributed by atoms with van der Waals surface area (Å²) in [4.78, 5) is 11.6. The van der Waals surface area contributed by atoms with E-state index in [-0.39, 0.29) is 0 Å². The van der Waals surface area contributed by atoms with Crippen LogP contribution >= 0.6 is 22.6 Å². The van der Waals surface area contributed by atoms with Crippen molar-refractivity contribution in [3.05, 3.63) is 20.8 Å². The fourth-order valence-corrected chi connectivity index (χ4v) is 3.39. The molecule has 4 nitrogen and oxygen atoms in total. The summed E-state index contributed by atoms with van der Waals surface area (Å²) in [6.07, 6.45) is 8.37. The van der Waals surface area contributed by atoms with E-state index in [1.165, 1.54) is 39.2 Å². The van der Waals surface area contributed by atoms with E-state index in [9.17, 15) is 4.79 Å². The first-order valence-corrected chi connectivity index (χ1v) is 8.87. The van der Waals surface area contributed by atoms with Crippen molar-refractivity contribution >= 4 is 28.5 Å². The molecule has 0 fully saturated rings. The molecule has 1 aromatic rings. The highest BCUT2D eigenvalue weighted by Crippen LogP contribution is 2.38. The monoisotopic (exact) mass is 419 g/mol. The van der Waals surface area contributed by atoms with Crippen LogP contribution in [0.15, 0.2) is 6.07 Å². The van der Waals surface area contributed by atoms with Gasteiger partial charge in [-0.25, -0.2) is 0 Å². The molecule has 0 aliphatic heterocycles. The summed E-state index contributed by atoms with van der Waals surface area (Å²) in [5.41, 5.74) is 6.89. The average molecular weight is 419 g/mol. The molecule has 5 heteroatoms. The van der Waals surface area contributed by atoms with E-state index in [2.05, 4.69) is 29.5 Å². The molecule has 0 spiro atoms.